The van der Waals surface area contributed by atoms with Crippen LogP contribution in [0.25, 0.3) is 6.08 Å². The largest absolute Gasteiger partial charge is 0.419 e. The molecule has 146 valence electrons. The number of fused-ring (bicyclic) bond motifs is 1. The molecule has 0 saturated heterocycles. The highest BCUT2D eigenvalue weighted by molar-refractivity contribution is 6.06. The van der Waals surface area contributed by atoms with Gasteiger partial charge in [0.1, 0.15) is 18.6 Å². The average molecular weight is 398 g/mol. The van der Waals surface area contributed by atoms with Gasteiger partial charge >= 0.3 is 6.18 Å². The van der Waals surface area contributed by atoms with Crippen LogP contribution in [0.1, 0.15) is 5.56 Å². The van der Waals surface area contributed by atoms with E-state index in [2.05, 4.69) is 20.6 Å². The van der Waals surface area contributed by atoms with Crippen molar-refractivity contribution in [3.05, 3.63) is 71.1 Å². The predicted octanol–water partition coefficient (Wildman–Crippen LogP) is 2.35. The molecule has 3 aromatic rings. The van der Waals surface area contributed by atoms with Crippen LogP contribution < -0.4 is 25.8 Å². The summed E-state index contributed by atoms with van der Waals surface area (Å²) in [5, 5.41) is 6.97. The van der Waals surface area contributed by atoms with Crippen molar-refractivity contribution in [3.63, 3.8) is 0 Å². The minimum atomic E-state index is -4.56. The van der Waals surface area contributed by atoms with Crippen LogP contribution in [0.3, 0.4) is 0 Å². The Morgan fingerprint density at radius 1 is 1.07 bits per heavy atom. The fourth-order valence-corrected chi connectivity index (χ4v) is 2.95. The highest BCUT2D eigenvalue weighted by Crippen LogP contribution is 2.36. The van der Waals surface area contributed by atoms with Crippen LogP contribution in [0.15, 0.2) is 60.0 Å². The van der Waals surface area contributed by atoms with Gasteiger partial charge in [-0.25, -0.2) is 14.5 Å². The zero-order chi connectivity index (χ0) is 20.6. The number of alkyl halides is 3. The second kappa shape index (κ2) is 7.01. The Balaban J connectivity index is 1.69. The van der Waals surface area contributed by atoms with Gasteiger partial charge in [0.15, 0.2) is 12.4 Å². The Morgan fingerprint density at radius 2 is 1.90 bits per heavy atom. The van der Waals surface area contributed by atoms with Crippen molar-refractivity contribution in [1.29, 1.82) is 0 Å². The molecule has 9 heteroatoms. The molecule has 2 N–H and O–H groups in total. The van der Waals surface area contributed by atoms with Gasteiger partial charge in [0.25, 0.3) is 5.91 Å². The van der Waals surface area contributed by atoms with Gasteiger partial charge in [0.05, 0.1) is 16.6 Å². The maximum atomic E-state index is 13.4. The number of carbonyl (C=O) groups is 1. The Morgan fingerprint density at radius 3 is 2.66 bits per heavy atom. The van der Waals surface area contributed by atoms with Gasteiger partial charge in [0.2, 0.25) is 0 Å². The Kier molecular flexibility index (Phi) is 4.50. The van der Waals surface area contributed by atoms with E-state index >= 15 is 0 Å². The molecule has 1 aliphatic heterocycles. The standard InChI is InChI=1S/C20H14F3N5O/c1-28-6-2-3-14(11-28)25-17-9-18(24-10-15(17)20(21,22)23)26-13-4-5-16-12(7-13)8-19(29)27-16/h2-11H,1H3,(H-,24,25,26,29)/p+1. The number of nitrogens with zero attached hydrogens (tertiary/aromatic N) is 3. The van der Waals surface area contributed by atoms with Crippen molar-refractivity contribution >= 4 is 34.9 Å². The monoisotopic (exact) mass is 398 g/mol. The SMILES string of the molecule is C[n+]1cccc(Nc2cc(Nc3ccc4c(c3)=CC(=O)N=4)ncc2C(F)(F)F)c1. The lowest BCUT2D eigenvalue weighted by Gasteiger charge is -2.15. The number of aryl methyl sites for hydroxylation is 1. The highest BCUT2D eigenvalue weighted by atomic mass is 19.4. The van der Waals surface area contributed by atoms with E-state index in [1.54, 1.807) is 54.3 Å². The van der Waals surface area contributed by atoms with E-state index in [-0.39, 0.29) is 17.4 Å². The van der Waals surface area contributed by atoms with Crippen LogP contribution in [0.4, 0.5) is 36.1 Å². The first-order valence-corrected chi connectivity index (χ1v) is 8.59. The highest BCUT2D eigenvalue weighted by Gasteiger charge is 2.34. The molecule has 1 aromatic carbocycles. The van der Waals surface area contributed by atoms with Crippen LogP contribution in [0, 0.1) is 0 Å². The molecule has 2 aromatic heterocycles. The van der Waals surface area contributed by atoms with E-state index < -0.39 is 11.7 Å². The zero-order valence-electron chi connectivity index (χ0n) is 15.2. The van der Waals surface area contributed by atoms with E-state index in [1.807, 2.05) is 0 Å². The number of anilines is 4. The number of nitrogens with one attached hydrogen (secondary N) is 2. The van der Waals surface area contributed by atoms with Crippen molar-refractivity contribution in [3.8, 4) is 0 Å². The number of hydrogen-bond acceptors (Lipinski definition) is 4. The molecular weight excluding hydrogens is 383 g/mol. The number of aromatic nitrogens is 2. The number of pyridine rings is 2. The fourth-order valence-electron chi connectivity index (χ4n) is 2.95. The molecule has 0 unspecified atom stereocenters. The molecule has 0 aliphatic carbocycles. The maximum Gasteiger partial charge on any atom is 0.419 e. The lowest BCUT2D eigenvalue weighted by atomic mass is 10.2. The summed E-state index contributed by atoms with van der Waals surface area (Å²) in [6.07, 6.45) is 1.06. The zero-order valence-corrected chi connectivity index (χ0v) is 15.2. The summed E-state index contributed by atoms with van der Waals surface area (Å²) in [4.78, 5) is 19.1. The van der Waals surface area contributed by atoms with E-state index in [4.69, 9.17) is 0 Å². The molecule has 3 heterocycles. The molecule has 29 heavy (non-hydrogen) atoms. The third-order valence-electron chi connectivity index (χ3n) is 4.24. The lowest BCUT2D eigenvalue weighted by Crippen LogP contribution is -2.26. The van der Waals surface area contributed by atoms with Gasteiger partial charge < -0.3 is 10.6 Å². The van der Waals surface area contributed by atoms with Crippen LogP contribution in [0.2, 0.25) is 0 Å². The minimum Gasteiger partial charge on any atom is -0.350 e. The molecule has 0 saturated carbocycles. The molecule has 0 atom stereocenters. The summed E-state index contributed by atoms with van der Waals surface area (Å²) in [5.41, 5.74) is 0.0828. The summed E-state index contributed by atoms with van der Waals surface area (Å²) in [5.74, 6) is -0.116. The Bertz CT molecular complexity index is 1240. The summed E-state index contributed by atoms with van der Waals surface area (Å²) in [6, 6.07) is 9.72. The summed E-state index contributed by atoms with van der Waals surface area (Å²) >= 11 is 0. The van der Waals surface area contributed by atoms with Gasteiger partial charge in [-0.15, -0.1) is 0 Å². The summed E-state index contributed by atoms with van der Waals surface area (Å²) < 4.78 is 42.0. The normalized spacial score (nSPS) is 12.8. The van der Waals surface area contributed by atoms with E-state index in [1.165, 1.54) is 12.1 Å². The van der Waals surface area contributed by atoms with Crippen molar-refractivity contribution < 1.29 is 22.5 Å². The van der Waals surface area contributed by atoms with E-state index in [0.29, 0.717) is 22.0 Å². The second-order valence-corrected chi connectivity index (χ2v) is 6.49. The molecule has 1 aliphatic rings. The number of rotatable bonds is 4. The number of benzene rings is 1. The first-order valence-electron chi connectivity index (χ1n) is 8.59. The molecule has 1 amide bonds. The quantitative estimate of drug-likeness (QED) is 0.662. The number of halogens is 3. The van der Waals surface area contributed by atoms with Crippen molar-refractivity contribution in [2.75, 3.05) is 10.6 Å². The number of carbonyl (C=O) groups excluding carboxylic acids is 1. The molecule has 0 fully saturated rings. The third-order valence-corrected chi connectivity index (χ3v) is 4.24. The molecule has 0 spiro atoms. The van der Waals surface area contributed by atoms with E-state index in [0.717, 1.165) is 6.20 Å². The maximum absolute atomic E-state index is 13.4. The molecule has 0 bridgehead atoms. The topological polar surface area (TPSA) is 70.3 Å². The fraction of sp³-hybridized carbons (Fsp3) is 0.100. The smallest absolute Gasteiger partial charge is 0.350 e. The summed E-state index contributed by atoms with van der Waals surface area (Å²) in [7, 11) is 1.78. The van der Waals surface area contributed by atoms with Crippen LogP contribution in [-0.2, 0) is 18.0 Å². The summed E-state index contributed by atoms with van der Waals surface area (Å²) in [6.45, 7) is 0. The second-order valence-electron chi connectivity index (χ2n) is 6.49. The molecule has 6 nitrogen and oxygen atoms in total. The van der Waals surface area contributed by atoms with Gasteiger partial charge in [-0.05, 0) is 24.3 Å². The lowest BCUT2D eigenvalue weighted by molar-refractivity contribution is -0.670. The third kappa shape index (κ3) is 4.08. The van der Waals surface area contributed by atoms with Gasteiger partial charge in [0, 0.05) is 35.3 Å². The Labute approximate surface area is 163 Å². The van der Waals surface area contributed by atoms with Crippen LogP contribution >= 0.6 is 0 Å². The first kappa shape index (κ1) is 18.6. The first-order chi connectivity index (χ1) is 13.8. The van der Waals surface area contributed by atoms with Gasteiger partial charge in [-0.2, -0.15) is 13.2 Å². The molecule has 4 rings (SSSR count). The molecular formula is C20H15F3N5O+. The van der Waals surface area contributed by atoms with Gasteiger partial charge in [-0.3, -0.25) is 4.79 Å². The van der Waals surface area contributed by atoms with E-state index in [9.17, 15) is 18.0 Å². The van der Waals surface area contributed by atoms with Crippen molar-refractivity contribution in [2.45, 2.75) is 6.18 Å². The number of amides is 1. The minimum absolute atomic E-state index is 0.126. The van der Waals surface area contributed by atoms with Crippen molar-refractivity contribution in [1.82, 2.24) is 4.98 Å². The van der Waals surface area contributed by atoms with Crippen molar-refractivity contribution in [2.24, 2.45) is 12.0 Å². The van der Waals surface area contributed by atoms with Gasteiger partial charge in [-0.1, -0.05) is 0 Å². The average Bonchev–Trinajstić information content (AvgIpc) is 3.00. The van der Waals surface area contributed by atoms with Crippen LogP contribution in [-0.4, -0.2) is 10.9 Å². The molecule has 0 radical (unpaired) electrons. The van der Waals surface area contributed by atoms with Crippen LogP contribution in [0.5, 0.6) is 0 Å². The number of hydrogen-bond donors (Lipinski definition) is 2. The Hall–Kier alpha value is -3.75. The predicted molar refractivity (Wildman–Crippen MR) is 100 cm³/mol.